The Hall–Kier alpha value is -1.55. The predicted molar refractivity (Wildman–Crippen MR) is 91.9 cm³/mol. The molecule has 0 unspecified atom stereocenters. The first-order valence-electron chi connectivity index (χ1n) is 7.43. The van der Waals surface area contributed by atoms with Crippen LogP contribution in [-0.2, 0) is 0 Å². The van der Waals surface area contributed by atoms with Crippen molar-refractivity contribution >= 4 is 11.7 Å². The van der Waals surface area contributed by atoms with Crippen molar-refractivity contribution in [1.29, 1.82) is 0 Å². The van der Waals surface area contributed by atoms with E-state index in [1.807, 2.05) is 82.8 Å². The average Bonchev–Trinajstić information content (AvgIpc) is 2.42. The lowest BCUT2D eigenvalue weighted by atomic mass is 10.1. The number of hydrogen-bond donors (Lipinski definition) is 0. The summed E-state index contributed by atoms with van der Waals surface area (Å²) in [6.07, 6.45) is 0. The minimum absolute atomic E-state index is 0.0254. The smallest absolute Gasteiger partial charge is 0.325 e. The molecular weight excluding hydrogens is 262 g/mol. The Morgan fingerprint density at radius 1 is 0.952 bits per heavy atom. The Bertz CT molecular complexity index is 436. The highest BCUT2D eigenvalue weighted by Crippen LogP contribution is 2.27. The van der Waals surface area contributed by atoms with Gasteiger partial charge in [-0.15, -0.1) is 0 Å². The van der Waals surface area contributed by atoms with Gasteiger partial charge in [0.25, 0.3) is 0 Å². The van der Waals surface area contributed by atoms with Crippen molar-refractivity contribution in [1.82, 2.24) is 9.80 Å². The van der Waals surface area contributed by atoms with Crippen molar-refractivity contribution in [2.24, 2.45) is 0 Å². The zero-order valence-corrected chi connectivity index (χ0v) is 15.1. The lowest BCUT2D eigenvalue weighted by Gasteiger charge is -2.44. The van der Waals surface area contributed by atoms with E-state index in [9.17, 15) is 4.79 Å². The van der Waals surface area contributed by atoms with E-state index in [2.05, 4.69) is 0 Å². The molecule has 0 atom stereocenters. The Labute approximate surface area is 130 Å². The van der Waals surface area contributed by atoms with Gasteiger partial charge in [-0.3, -0.25) is 9.80 Å². The molecule has 4 nitrogen and oxygen atoms in total. The van der Waals surface area contributed by atoms with Crippen molar-refractivity contribution in [2.45, 2.75) is 40.3 Å². The zero-order valence-electron chi connectivity index (χ0n) is 15.1. The van der Waals surface area contributed by atoms with E-state index < -0.39 is 5.66 Å². The van der Waals surface area contributed by atoms with E-state index in [0.29, 0.717) is 0 Å². The molecule has 0 saturated heterocycles. The molecule has 0 aliphatic carbocycles. The summed E-state index contributed by atoms with van der Waals surface area (Å²) in [4.78, 5) is 18.0. The monoisotopic (exact) mass is 293 g/mol. The molecule has 0 spiro atoms. The van der Waals surface area contributed by atoms with E-state index in [1.165, 1.54) is 5.56 Å². The zero-order chi connectivity index (χ0) is 16.8. The van der Waals surface area contributed by atoms with Gasteiger partial charge in [0.15, 0.2) is 0 Å². The second-order valence-corrected chi connectivity index (χ2v) is 5.74. The first-order valence-corrected chi connectivity index (χ1v) is 7.43. The van der Waals surface area contributed by atoms with Crippen LogP contribution in [0.5, 0.6) is 0 Å². The number of rotatable bonds is 3. The molecule has 0 radical (unpaired) electrons. The van der Waals surface area contributed by atoms with Crippen LogP contribution in [0.4, 0.5) is 10.5 Å². The summed E-state index contributed by atoms with van der Waals surface area (Å²) in [6.45, 7) is 10.1. The maximum Gasteiger partial charge on any atom is 0.325 e. The molecule has 120 valence electrons. The second-order valence-electron chi connectivity index (χ2n) is 5.74. The van der Waals surface area contributed by atoms with Gasteiger partial charge in [-0.05, 0) is 47.0 Å². The predicted octanol–water partition coefficient (Wildman–Crippen LogP) is 3.81. The molecule has 1 aromatic rings. The molecule has 0 fully saturated rings. The first-order chi connectivity index (χ1) is 9.67. The van der Waals surface area contributed by atoms with Crippen LogP contribution in [0.2, 0.25) is 0 Å². The van der Waals surface area contributed by atoms with Gasteiger partial charge in [0.1, 0.15) is 0 Å². The fraction of sp³-hybridized carbons (Fsp3) is 0.588. The fourth-order valence-corrected chi connectivity index (χ4v) is 1.75. The molecule has 4 heteroatoms. The minimum Gasteiger partial charge on any atom is -0.330 e. The van der Waals surface area contributed by atoms with E-state index in [4.69, 9.17) is 0 Å². The number of anilines is 1. The quantitative estimate of drug-likeness (QED) is 0.792. The summed E-state index contributed by atoms with van der Waals surface area (Å²) in [5.74, 6) is 0. The third kappa shape index (κ3) is 4.74. The number of urea groups is 1. The molecule has 0 aliphatic heterocycles. The lowest BCUT2D eigenvalue weighted by Crippen LogP contribution is -2.59. The van der Waals surface area contributed by atoms with Crippen molar-refractivity contribution in [3.05, 3.63) is 29.8 Å². The number of aryl methyl sites for hydroxylation is 1. The van der Waals surface area contributed by atoms with Crippen molar-refractivity contribution in [3.8, 4) is 0 Å². The second kappa shape index (κ2) is 8.03. The van der Waals surface area contributed by atoms with E-state index in [-0.39, 0.29) is 6.03 Å². The van der Waals surface area contributed by atoms with Gasteiger partial charge in [0.2, 0.25) is 0 Å². The lowest BCUT2D eigenvalue weighted by molar-refractivity contribution is 0.168. The average molecular weight is 293 g/mol. The fourth-order valence-electron chi connectivity index (χ4n) is 1.75. The number of amides is 2. The largest absolute Gasteiger partial charge is 0.330 e. The SMILES string of the molecule is CC.Cc1ccc(N(C(=O)N(C)C)C(C)(C)N(C)C)cc1. The highest BCUT2D eigenvalue weighted by molar-refractivity contribution is 5.93. The molecule has 0 aliphatic rings. The van der Waals surface area contributed by atoms with Crippen LogP contribution in [0.1, 0.15) is 33.3 Å². The minimum atomic E-state index is -0.406. The maximum absolute atomic E-state index is 12.5. The summed E-state index contributed by atoms with van der Waals surface area (Å²) in [5.41, 5.74) is 1.68. The summed E-state index contributed by atoms with van der Waals surface area (Å²) < 4.78 is 0. The Balaban J connectivity index is 0.00000191. The Morgan fingerprint density at radius 2 is 1.38 bits per heavy atom. The standard InChI is InChI=1S/C15H25N3O.C2H6/c1-12-8-10-13(11-9-12)18(14(19)16(4)5)15(2,3)17(6)7;1-2/h8-11H,1-7H3;1-2H3. The third-order valence-corrected chi connectivity index (χ3v) is 3.51. The molecule has 0 bridgehead atoms. The highest BCUT2D eigenvalue weighted by Gasteiger charge is 2.35. The Kier molecular flexibility index (Phi) is 7.44. The number of nitrogens with zero attached hydrogens (tertiary/aromatic N) is 3. The van der Waals surface area contributed by atoms with Crippen LogP contribution in [0.15, 0.2) is 24.3 Å². The topological polar surface area (TPSA) is 26.8 Å². The van der Waals surface area contributed by atoms with Gasteiger partial charge >= 0.3 is 6.03 Å². The van der Waals surface area contributed by atoms with Gasteiger partial charge < -0.3 is 4.90 Å². The normalized spacial score (nSPS) is 10.8. The molecule has 1 aromatic carbocycles. The molecule has 0 N–H and O–H groups in total. The van der Waals surface area contributed by atoms with Gasteiger partial charge in [-0.25, -0.2) is 4.79 Å². The van der Waals surface area contributed by atoms with Crippen LogP contribution in [0.3, 0.4) is 0 Å². The van der Waals surface area contributed by atoms with Gasteiger partial charge in [0.05, 0.1) is 5.66 Å². The molecule has 0 heterocycles. The highest BCUT2D eigenvalue weighted by atomic mass is 16.2. The first kappa shape index (κ1) is 19.4. The van der Waals surface area contributed by atoms with Crippen molar-refractivity contribution < 1.29 is 4.79 Å². The molecule has 21 heavy (non-hydrogen) atoms. The molecule has 2 amide bonds. The van der Waals surface area contributed by atoms with Crippen LogP contribution in [-0.4, -0.2) is 49.7 Å². The van der Waals surface area contributed by atoms with Crippen LogP contribution in [0.25, 0.3) is 0 Å². The Morgan fingerprint density at radius 3 is 1.71 bits per heavy atom. The van der Waals surface area contributed by atoms with Crippen LogP contribution >= 0.6 is 0 Å². The number of benzene rings is 1. The van der Waals surface area contributed by atoms with Crippen LogP contribution < -0.4 is 4.90 Å². The van der Waals surface area contributed by atoms with E-state index >= 15 is 0 Å². The number of carbonyl (C=O) groups excluding carboxylic acids is 1. The molecule has 0 saturated carbocycles. The summed E-state index contributed by atoms with van der Waals surface area (Å²) >= 11 is 0. The van der Waals surface area contributed by atoms with E-state index in [0.717, 1.165) is 5.69 Å². The summed E-state index contributed by atoms with van der Waals surface area (Å²) in [7, 11) is 7.50. The van der Waals surface area contributed by atoms with Gasteiger partial charge in [-0.1, -0.05) is 31.5 Å². The van der Waals surface area contributed by atoms with Crippen LogP contribution in [0, 0.1) is 6.92 Å². The molecular formula is C17H31N3O. The van der Waals surface area contributed by atoms with E-state index in [1.54, 1.807) is 19.0 Å². The van der Waals surface area contributed by atoms with Gasteiger partial charge in [0, 0.05) is 19.8 Å². The van der Waals surface area contributed by atoms with Gasteiger partial charge in [-0.2, -0.15) is 0 Å². The van der Waals surface area contributed by atoms with Crippen molar-refractivity contribution in [2.75, 3.05) is 33.1 Å². The maximum atomic E-state index is 12.5. The summed E-state index contributed by atoms with van der Waals surface area (Å²) in [5, 5.41) is 0. The number of hydrogen-bond acceptors (Lipinski definition) is 2. The molecule has 1 rings (SSSR count). The third-order valence-electron chi connectivity index (χ3n) is 3.51. The summed E-state index contributed by atoms with van der Waals surface area (Å²) in [6, 6.07) is 8.00. The van der Waals surface area contributed by atoms with Crippen molar-refractivity contribution in [3.63, 3.8) is 0 Å². The number of carbonyl (C=O) groups is 1. The molecule has 0 aromatic heterocycles.